The molecule has 1 heterocycles. The average Bonchev–Trinajstić information content (AvgIpc) is 2.12. The van der Waals surface area contributed by atoms with E-state index in [2.05, 4.69) is 10.5 Å². The highest BCUT2D eigenvalue weighted by molar-refractivity contribution is 5.59. The zero-order valence-corrected chi connectivity index (χ0v) is 4.76. The predicted molar refractivity (Wildman–Crippen MR) is 30.6 cm³/mol. The highest BCUT2D eigenvalue weighted by Gasteiger charge is 2.16. The molecule has 2 nitrogen and oxygen atoms in total. The van der Waals surface area contributed by atoms with E-state index < -0.39 is 6.17 Å². The van der Waals surface area contributed by atoms with E-state index in [1.807, 2.05) is 0 Å². The molecule has 0 aromatic carbocycles. The van der Waals surface area contributed by atoms with Crippen LogP contribution < -0.4 is 5.43 Å². The molecule has 0 amide bonds. The van der Waals surface area contributed by atoms with Crippen LogP contribution in [-0.4, -0.2) is 18.4 Å². The summed E-state index contributed by atoms with van der Waals surface area (Å²) in [7, 11) is 0. The van der Waals surface area contributed by atoms with Gasteiger partial charge in [0.1, 0.15) is 6.17 Å². The Labute approximate surface area is 47.8 Å². The monoisotopic (exact) mass is 116 g/mol. The lowest BCUT2D eigenvalue weighted by Crippen LogP contribution is -2.28. The van der Waals surface area contributed by atoms with Gasteiger partial charge in [-0.05, 0) is 6.92 Å². The molecule has 2 atom stereocenters. The maximum absolute atomic E-state index is 12.3. The molecule has 0 radical (unpaired) electrons. The first-order valence-electron chi connectivity index (χ1n) is 2.72. The van der Waals surface area contributed by atoms with Crippen LogP contribution in [0.15, 0.2) is 5.10 Å². The van der Waals surface area contributed by atoms with E-state index in [1.54, 1.807) is 6.21 Å². The molecule has 1 N–H and O–H groups in total. The van der Waals surface area contributed by atoms with Crippen molar-refractivity contribution in [3.63, 3.8) is 0 Å². The molecule has 46 valence electrons. The van der Waals surface area contributed by atoms with Crippen LogP contribution in [0.4, 0.5) is 4.39 Å². The van der Waals surface area contributed by atoms with Gasteiger partial charge in [-0.1, -0.05) is 0 Å². The van der Waals surface area contributed by atoms with Crippen molar-refractivity contribution in [3.8, 4) is 0 Å². The molecule has 1 aliphatic rings. The molecule has 0 fully saturated rings. The van der Waals surface area contributed by atoms with Crippen LogP contribution in [0.2, 0.25) is 0 Å². The fourth-order valence-electron chi connectivity index (χ4n) is 0.658. The molecular weight excluding hydrogens is 107 g/mol. The van der Waals surface area contributed by atoms with E-state index in [0.717, 1.165) is 6.42 Å². The van der Waals surface area contributed by atoms with Crippen LogP contribution in [0, 0.1) is 0 Å². The Kier molecular flexibility index (Phi) is 1.46. The van der Waals surface area contributed by atoms with E-state index in [-0.39, 0.29) is 6.04 Å². The molecular formula is C5H9FN2. The summed E-state index contributed by atoms with van der Waals surface area (Å²) in [6, 6.07) is -0.0741. The van der Waals surface area contributed by atoms with Gasteiger partial charge in [-0.15, -0.1) is 0 Å². The van der Waals surface area contributed by atoms with Crippen LogP contribution in [0.25, 0.3) is 0 Å². The van der Waals surface area contributed by atoms with Gasteiger partial charge in [0, 0.05) is 12.6 Å². The summed E-state index contributed by atoms with van der Waals surface area (Å²) in [5.74, 6) is 0. The molecule has 0 aromatic rings. The Balaban J connectivity index is 2.29. The highest BCUT2D eigenvalue weighted by Crippen LogP contribution is 2.04. The standard InChI is InChI=1S/C5H9FN2/c1-4(6)5-2-3-7-8-5/h3-5,8H,2H2,1H3. The van der Waals surface area contributed by atoms with Gasteiger partial charge in [0.15, 0.2) is 0 Å². The van der Waals surface area contributed by atoms with Gasteiger partial charge in [0.2, 0.25) is 0 Å². The van der Waals surface area contributed by atoms with Crippen LogP contribution in [-0.2, 0) is 0 Å². The zero-order valence-electron chi connectivity index (χ0n) is 4.76. The van der Waals surface area contributed by atoms with Crippen molar-refractivity contribution in [2.75, 3.05) is 0 Å². The van der Waals surface area contributed by atoms with Crippen LogP contribution in [0.3, 0.4) is 0 Å². The number of alkyl halides is 1. The van der Waals surface area contributed by atoms with Gasteiger partial charge in [0.05, 0.1) is 6.04 Å². The molecule has 0 bridgehead atoms. The molecule has 3 heteroatoms. The second-order valence-electron chi connectivity index (χ2n) is 1.96. The summed E-state index contributed by atoms with van der Waals surface area (Å²) in [5.41, 5.74) is 2.65. The van der Waals surface area contributed by atoms with Crippen molar-refractivity contribution >= 4 is 6.21 Å². The van der Waals surface area contributed by atoms with E-state index in [4.69, 9.17) is 0 Å². The summed E-state index contributed by atoms with van der Waals surface area (Å²) < 4.78 is 12.3. The van der Waals surface area contributed by atoms with Crippen molar-refractivity contribution in [1.82, 2.24) is 5.43 Å². The quantitative estimate of drug-likeness (QED) is 0.535. The maximum atomic E-state index is 12.3. The number of rotatable bonds is 1. The van der Waals surface area contributed by atoms with Gasteiger partial charge >= 0.3 is 0 Å². The fourth-order valence-corrected chi connectivity index (χ4v) is 0.658. The zero-order chi connectivity index (χ0) is 5.98. The minimum atomic E-state index is -0.794. The number of nitrogens with one attached hydrogen (secondary N) is 1. The lowest BCUT2D eigenvalue weighted by atomic mass is 10.2. The topological polar surface area (TPSA) is 24.4 Å². The summed E-state index contributed by atoms with van der Waals surface area (Å²) in [5, 5.41) is 3.67. The number of hydrogen-bond donors (Lipinski definition) is 1. The molecule has 1 aliphatic heterocycles. The number of hydrazone groups is 1. The Morgan fingerprint density at radius 1 is 2.00 bits per heavy atom. The predicted octanol–water partition coefficient (Wildman–Crippen LogP) is 0.692. The number of hydrogen-bond acceptors (Lipinski definition) is 2. The lowest BCUT2D eigenvalue weighted by Gasteiger charge is -2.08. The molecule has 0 saturated carbocycles. The van der Waals surface area contributed by atoms with Gasteiger partial charge in [-0.2, -0.15) is 5.10 Å². The third kappa shape index (κ3) is 0.967. The van der Waals surface area contributed by atoms with Crippen molar-refractivity contribution in [3.05, 3.63) is 0 Å². The van der Waals surface area contributed by atoms with Crippen LogP contribution >= 0.6 is 0 Å². The largest absolute Gasteiger partial charge is 0.304 e. The van der Waals surface area contributed by atoms with Crippen LogP contribution in [0.5, 0.6) is 0 Å². The SMILES string of the molecule is CC(F)C1CC=NN1. The van der Waals surface area contributed by atoms with Crippen molar-refractivity contribution in [2.45, 2.75) is 25.6 Å². The number of nitrogens with zero attached hydrogens (tertiary/aromatic N) is 1. The second kappa shape index (κ2) is 2.11. The van der Waals surface area contributed by atoms with E-state index >= 15 is 0 Å². The normalized spacial score (nSPS) is 30.0. The smallest absolute Gasteiger partial charge is 0.119 e. The first-order chi connectivity index (χ1) is 3.80. The summed E-state index contributed by atoms with van der Waals surface area (Å²) in [6.45, 7) is 1.53. The Morgan fingerprint density at radius 3 is 3.00 bits per heavy atom. The summed E-state index contributed by atoms with van der Waals surface area (Å²) in [4.78, 5) is 0. The molecule has 2 unspecified atom stereocenters. The molecule has 0 spiro atoms. The third-order valence-electron chi connectivity index (χ3n) is 1.25. The highest BCUT2D eigenvalue weighted by atomic mass is 19.1. The van der Waals surface area contributed by atoms with Crippen molar-refractivity contribution in [2.24, 2.45) is 5.10 Å². The molecule has 1 rings (SSSR count). The average molecular weight is 116 g/mol. The van der Waals surface area contributed by atoms with Gasteiger partial charge in [0.25, 0.3) is 0 Å². The fraction of sp³-hybridized carbons (Fsp3) is 0.800. The molecule has 0 aliphatic carbocycles. The maximum Gasteiger partial charge on any atom is 0.119 e. The van der Waals surface area contributed by atoms with E-state index in [0.29, 0.717) is 0 Å². The summed E-state index contributed by atoms with van der Waals surface area (Å²) >= 11 is 0. The minimum Gasteiger partial charge on any atom is -0.304 e. The van der Waals surface area contributed by atoms with Gasteiger partial charge in [-0.3, -0.25) is 0 Å². The first-order valence-corrected chi connectivity index (χ1v) is 2.72. The summed E-state index contributed by atoms with van der Waals surface area (Å²) in [6.07, 6.45) is 1.62. The second-order valence-corrected chi connectivity index (χ2v) is 1.96. The molecule has 8 heavy (non-hydrogen) atoms. The Morgan fingerprint density at radius 2 is 2.75 bits per heavy atom. The Bertz CT molecular complexity index is 92.6. The van der Waals surface area contributed by atoms with Gasteiger partial charge in [-0.25, -0.2) is 4.39 Å². The van der Waals surface area contributed by atoms with Gasteiger partial charge < -0.3 is 5.43 Å². The van der Waals surface area contributed by atoms with E-state index in [9.17, 15) is 4.39 Å². The van der Waals surface area contributed by atoms with E-state index in [1.165, 1.54) is 6.92 Å². The molecule has 0 saturated heterocycles. The first kappa shape index (κ1) is 5.54. The minimum absolute atomic E-state index is 0.0741. The Hall–Kier alpha value is -0.600. The van der Waals surface area contributed by atoms with Crippen molar-refractivity contribution in [1.29, 1.82) is 0 Å². The van der Waals surface area contributed by atoms with Crippen LogP contribution in [0.1, 0.15) is 13.3 Å². The lowest BCUT2D eigenvalue weighted by molar-refractivity contribution is 0.286. The third-order valence-corrected chi connectivity index (χ3v) is 1.25. The number of halogens is 1. The molecule has 0 aromatic heterocycles. The van der Waals surface area contributed by atoms with Crippen molar-refractivity contribution < 1.29 is 4.39 Å².